The molecule has 0 radical (unpaired) electrons. The highest BCUT2D eigenvalue weighted by atomic mass is 16.2. The van der Waals surface area contributed by atoms with E-state index >= 15 is 0 Å². The van der Waals surface area contributed by atoms with E-state index in [1.54, 1.807) is 32.2 Å². The molecule has 2 heterocycles. The predicted octanol–water partition coefficient (Wildman–Crippen LogP) is 0.363. The van der Waals surface area contributed by atoms with Gasteiger partial charge in [-0.05, 0) is 19.1 Å². The Hall–Kier alpha value is -2.44. The number of rotatable bonds is 3. The summed E-state index contributed by atoms with van der Waals surface area (Å²) in [5, 5.41) is 6.70. The summed E-state index contributed by atoms with van der Waals surface area (Å²) in [5.41, 5.74) is 5.85. The molecule has 0 spiro atoms. The van der Waals surface area contributed by atoms with Gasteiger partial charge in [-0.2, -0.15) is 5.10 Å². The molecule has 2 rings (SSSR count). The van der Waals surface area contributed by atoms with E-state index in [0.29, 0.717) is 29.7 Å². The summed E-state index contributed by atoms with van der Waals surface area (Å²) in [6.07, 6.45) is 0. The molecule has 0 aliphatic rings. The van der Waals surface area contributed by atoms with Crippen molar-refractivity contribution in [2.75, 3.05) is 12.8 Å². The molecule has 0 fully saturated rings. The quantitative estimate of drug-likeness (QED) is 0.814. The van der Waals surface area contributed by atoms with Gasteiger partial charge in [-0.25, -0.2) is 9.97 Å². The van der Waals surface area contributed by atoms with E-state index < -0.39 is 0 Å². The highest BCUT2D eigenvalue weighted by Crippen LogP contribution is 2.06. The first-order valence-corrected chi connectivity index (χ1v) is 5.42. The molecule has 0 atom stereocenters. The molecule has 0 aliphatic heterocycles. The molecule has 0 bridgehead atoms. The summed E-state index contributed by atoms with van der Waals surface area (Å²) in [6, 6.07) is 4.95. The molecule has 94 valence electrons. The number of carbonyl (C=O) groups is 1. The predicted molar refractivity (Wildman–Crippen MR) is 65.6 cm³/mol. The van der Waals surface area contributed by atoms with E-state index in [-0.39, 0.29) is 5.91 Å². The summed E-state index contributed by atoms with van der Waals surface area (Å²) >= 11 is 0. The summed E-state index contributed by atoms with van der Waals surface area (Å²) in [7, 11) is 1.67. The van der Waals surface area contributed by atoms with Gasteiger partial charge in [-0.15, -0.1) is 0 Å². The lowest BCUT2D eigenvalue weighted by Gasteiger charge is -2.14. The fraction of sp³-hybridized carbons (Fsp3) is 0.273. The van der Waals surface area contributed by atoms with Crippen LogP contribution in [0.15, 0.2) is 18.2 Å². The van der Waals surface area contributed by atoms with Gasteiger partial charge in [0.1, 0.15) is 17.3 Å². The van der Waals surface area contributed by atoms with Crippen molar-refractivity contribution in [2.45, 2.75) is 13.5 Å². The first-order chi connectivity index (χ1) is 8.56. The third-order valence-electron chi connectivity index (χ3n) is 2.36. The van der Waals surface area contributed by atoms with Crippen molar-refractivity contribution in [3.8, 4) is 0 Å². The Kier molecular flexibility index (Phi) is 3.22. The Morgan fingerprint density at radius 2 is 2.22 bits per heavy atom. The minimum atomic E-state index is -0.218. The SMILES string of the molecule is Cc1nc(CN(C)C(=O)c2cccc(N)n2)n[nH]1. The van der Waals surface area contributed by atoms with Crippen molar-refractivity contribution in [3.63, 3.8) is 0 Å². The van der Waals surface area contributed by atoms with Gasteiger partial charge in [0.15, 0.2) is 5.82 Å². The molecule has 2 aromatic rings. The Balaban J connectivity index is 2.09. The van der Waals surface area contributed by atoms with Crippen LogP contribution < -0.4 is 5.73 Å². The lowest BCUT2D eigenvalue weighted by Crippen LogP contribution is -2.27. The lowest BCUT2D eigenvalue weighted by atomic mass is 10.3. The molecule has 18 heavy (non-hydrogen) atoms. The third kappa shape index (κ3) is 2.62. The highest BCUT2D eigenvalue weighted by Gasteiger charge is 2.15. The van der Waals surface area contributed by atoms with Gasteiger partial charge >= 0.3 is 0 Å². The van der Waals surface area contributed by atoms with Crippen LogP contribution in [-0.4, -0.2) is 38.0 Å². The van der Waals surface area contributed by atoms with Crippen molar-refractivity contribution in [1.82, 2.24) is 25.1 Å². The van der Waals surface area contributed by atoms with Crippen LogP contribution in [0.4, 0.5) is 5.82 Å². The molecule has 0 saturated carbocycles. The smallest absolute Gasteiger partial charge is 0.272 e. The number of aromatic amines is 1. The molecule has 2 aromatic heterocycles. The van der Waals surface area contributed by atoms with Crippen LogP contribution in [0.25, 0.3) is 0 Å². The van der Waals surface area contributed by atoms with Gasteiger partial charge < -0.3 is 10.6 Å². The second-order valence-electron chi connectivity index (χ2n) is 3.95. The number of nitrogens with two attached hydrogens (primary N) is 1. The second kappa shape index (κ2) is 4.82. The number of carbonyl (C=O) groups excluding carboxylic acids is 1. The van der Waals surface area contributed by atoms with E-state index in [1.165, 1.54) is 4.90 Å². The van der Waals surface area contributed by atoms with Crippen molar-refractivity contribution < 1.29 is 4.79 Å². The zero-order valence-electron chi connectivity index (χ0n) is 10.2. The standard InChI is InChI=1S/C11H14N6O/c1-7-13-10(16-15-7)6-17(2)11(18)8-4-3-5-9(12)14-8/h3-5H,6H2,1-2H3,(H2,12,14)(H,13,15,16). The molecular weight excluding hydrogens is 232 g/mol. The van der Waals surface area contributed by atoms with Gasteiger partial charge in [-0.1, -0.05) is 6.07 Å². The number of aryl methyl sites for hydroxylation is 1. The van der Waals surface area contributed by atoms with Crippen molar-refractivity contribution in [3.05, 3.63) is 35.5 Å². The maximum atomic E-state index is 12.1. The number of nitrogen functional groups attached to an aromatic ring is 1. The van der Waals surface area contributed by atoms with Gasteiger partial charge in [0, 0.05) is 7.05 Å². The average molecular weight is 246 g/mol. The summed E-state index contributed by atoms with van der Waals surface area (Å²) < 4.78 is 0. The zero-order valence-corrected chi connectivity index (χ0v) is 10.2. The summed E-state index contributed by atoms with van der Waals surface area (Å²) in [5.74, 6) is 1.38. The van der Waals surface area contributed by atoms with E-state index in [9.17, 15) is 4.79 Å². The molecule has 0 unspecified atom stereocenters. The highest BCUT2D eigenvalue weighted by molar-refractivity contribution is 5.92. The number of amides is 1. The van der Waals surface area contributed by atoms with E-state index in [0.717, 1.165) is 0 Å². The van der Waals surface area contributed by atoms with Crippen LogP contribution in [0.3, 0.4) is 0 Å². The molecule has 7 heteroatoms. The van der Waals surface area contributed by atoms with Crippen LogP contribution in [0.2, 0.25) is 0 Å². The lowest BCUT2D eigenvalue weighted by molar-refractivity contribution is 0.0776. The van der Waals surface area contributed by atoms with Crippen LogP contribution in [0.5, 0.6) is 0 Å². The molecule has 7 nitrogen and oxygen atoms in total. The largest absolute Gasteiger partial charge is 0.384 e. The van der Waals surface area contributed by atoms with Gasteiger partial charge in [0.2, 0.25) is 0 Å². The number of anilines is 1. The first-order valence-electron chi connectivity index (χ1n) is 5.42. The van der Waals surface area contributed by atoms with Gasteiger partial charge in [0.05, 0.1) is 6.54 Å². The number of nitrogens with zero attached hydrogens (tertiary/aromatic N) is 4. The monoisotopic (exact) mass is 246 g/mol. The summed E-state index contributed by atoms with van der Waals surface area (Å²) in [4.78, 5) is 21.7. The molecule has 0 saturated heterocycles. The average Bonchev–Trinajstić information content (AvgIpc) is 2.73. The normalized spacial score (nSPS) is 10.3. The number of pyridine rings is 1. The fourth-order valence-electron chi connectivity index (χ4n) is 1.51. The minimum absolute atomic E-state index is 0.218. The van der Waals surface area contributed by atoms with Crippen LogP contribution in [0, 0.1) is 6.92 Å². The van der Waals surface area contributed by atoms with E-state index in [2.05, 4.69) is 20.2 Å². The van der Waals surface area contributed by atoms with Crippen LogP contribution >= 0.6 is 0 Å². The topological polar surface area (TPSA) is 101 Å². The number of aromatic nitrogens is 4. The zero-order chi connectivity index (χ0) is 13.1. The molecule has 3 N–H and O–H groups in total. The van der Waals surface area contributed by atoms with Gasteiger partial charge in [0.25, 0.3) is 5.91 Å². The molecule has 0 aliphatic carbocycles. The van der Waals surface area contributed by atoms with E-state index in [1.807, 2.05) is 0 Å². The Bertz CT molecular complexity index is 564. The maximum absolute atomic E-state index is 12.1. The number of nitrogens with one attached hydrogen (secondary N) is 1. The molecular formula is C11H14N6O. The second-order valence-corrected chi connectivity index (χ2v) is 3.95. The number of hydrogen-bond acceptors (Lipinski definition) is 5. The Labute approximate surface area is 104 Å². The first kappa shape index (κ1) is 12.0. The van der Waals surface area contributed by atoms with Gasteiger partial charge in [-0.3, -0.25) is 9.89 Å². The van der Waals surface area contributed by atoms with Crippen LogP contribution in [0.1, 0.15) is 22.1 Å². The number of H-pyrrole nitrogens is 1. The van der Waals surface area contributed by atoms with Crippen molar-refractivity contribution >= 4 is 11.7 Å². The summed E-state index contributed by atoms with van der Waals surface area (Å²) in [6.45, 7) is 2.12. The maximum Gasteiger partial charge on any atom is 0.272 e. The Morgan fingerprint density at radius 3 is 2.83 bits per heavy atom. The van der Waals surface area contributed by atoms with E-state index in [4.69, 9.17) is 5.73 Å². The number of hydrogen-bond donors (Lipinski definition) is 2. The van der Waals surface area contributed by atoms with Crippen molar-refractivity contribution in [1.29, 1.82) is 0 Å². The molecule has 0 aromatic carbocycles. The fourth-order valence-corrected chi connectivity index (χ4v) is 1.51. The Morgan fingerprint density at radius 1 is 1.44 bits per heavy atom. The molecule has 1 amide bonds. The minimum Gasteiger partial charge on any atom is -0.384 e. The van der Waals surface area contributed by atoms with Crippen LogP contribution in [-0.2, 0) is 6.54 Å². The van der Waals surface area contributed by atoms with Crippen molar-refractivity contribution in [2.24, 2.45) is 0 Å². The third-order valence-corrected chi connectivity index (χ3v) is 2.36.